The molecular formula is C15H13BrN2O3. The third kappa shape index (κ3) is 2.67. The minimum absolute atomic E-state index is 0.165. The van der Waals surface area contributed by atoms with Gasteiger partial charge >= 0.3 is 0 Å². The number of nitrogens with two attached hydrogens (primary N) is 1. The third-order valence-electron chi connectivity index (χ3n) is 3.23. The van der Waals surface area contributed by atoms with E-state index in [1.807, 2.05) is 19.1 Å². The molecule has 3 N–H and O–H groups in total. The van der Waals surface area contributed by atoms with Gasteiger partial charge in [-0.2, -0.15) is 0 Å². The van der Waals surface area contributed by atoms with Crippen molar-refractivity contribution >= 4 is 33.2 Å². The van der Waals surface area contributed by atoms with E-state index in [0.717, 1.165) is 10.0 Å². The fraction of sp³-hybridized carbons (Fsp3) is 0.133. The highest BCUT2D eigenvalue weighted by molar-refractivity contribution is 9.10. The van der Waals surface area contributed by atoms with E-state index in [0.29, 0.717) is 28.4 Å². The Bertz CT molecular complexity index is 731. The molecule has 0 aliphatic carbocycles. The van der Waals surface area contributed by atoms with Gasteiger partial charge in [-0.05, 0) is 30.7 Å². The fourth-order valence-electron chi connectivity index (χ4n) is 2.14. The highest BCUT2D eigenvalue weighted by Gasteiger charge is 2.18. The highest BCUT2D eigenvalue weighted by atomic mass is 79.9. The molecule has 0 radical (unpaired) electrons. The predicted octanol–water partition coefficient (Wildman–Crippen LogP) is 3.32. The summed E-state index contributed by atoms with van der Waals surface area (Å²) in [6, 6.07) is 8.79. The molecule has 0 saturated heterocycles. The number of carbonyl (C=O) groups excluding carboxylic acids is 1. The van der Waals surface area contributed by atoms with Crippen LogP contribution in [0.25, 0.3) is 0 Å². The first-order valence-electron chi connectivity index (χ1n) is 6.31. The summed E-state index contributed by atoms with van der Waals surface area (Å²) >= 11 is 3.38. The predicted molar refractivity (Wildman–Crippen MR) is 83.8 cm³/mol. The molecule has 1 amide bonds. The van der Waals surface area contributed by atoms with E-state index in [2.05, 4.69) is 21.2 Å². The molecule has 21 heavy (non-hydrogen) atoms. The lowest BCUT2D eigenvalue weighted by atomic mass is 10.1. The molecule has 0 saturated carbocycles. The number of rotatable bonds is 2. The zero-order valence-electron chi connectivity index (χ0n) is 11.3. The molecule has 0 unspecified atom stereocenters. The summed E-state index contributed by atoms with van der Waals surface area (Å²) in [4.78, 5) is 12.3. The molecule has 1 heterocycles. The van der Waals surface area contributed by atoms with E-state index in [1.165, 1.54) is 0 Å². The maximum atomic E-state index is 12.3. The van der Waals surface area contributed by atoms with Crippen LogP contribution in [0, 0.1) is 6.92 Å². The number of halogens is 1. The molecule has 108 valence electrons. The van der Waals surface area contributed by atoms with Crippen molar-refractivity contribution in [1.29, 1.82) is 0 Å². The number of aryl methyl sites for hydroxylation is 1. The van der Waals surface area contributed by atoms with E-state index in [9.17, 15) is 4.79 Å². The largest absolute Gasteiger partial charge is 0.454 e. The smallest absolute Gasteiger partial charge is 0.255 e. The van der Waals surface area contributed by atoms with Crippen LogP contribution in [0.1, 0.15) is 15.9 Å². The minimum atomic E-state index is -0.217. The van der Waals surface area contributed by atoms with Crippen molar-refractivity contribution < 1.29 is 14.3 Å². The topological polar surface area (TPSA) is 73.6 Å². The summed E-state index contributed by atoms with van der Waals surface area (Å²) in [7, 11) is 0. The first kappa shape index (κ1) is 13.8. The Morgan fingerprint density at radius 1 is 1.24 bits per heavy atom. The summed E-state index contributed by atoms with van der Waals surface area (Å²) in [6.45, 7) is 2.04. The Morgan fingerprint density at radius 3 is 2.67 bits per heavy atom. The average molecular weight is 349 g/mol. The van der Waals surface area contributed by atoms with E-state index < -0.39 is 0 Å². The summed E-state index contributed by atoms with van der Waals surface area (Å²) < 4.78 is 11.5. The number of amides is 1. The maximum absolute atomic E-state index is 12.3. The Kier molecular flexibility index (Phi) is 3.47. The van der Waals surface area contributed by atoms with Gasteiger partial charge in [0.05, 0.1) is 11.4 Å². The number of anilines is 2. The van der Waals surface area contributed by atoms with Crippen LogP contribution in [-0.4, -0.2) is 12.7 Å². The number of benzene rings is 2. The molecule has 0 fully saturated rings. The van der Waals surface area contributed by atoms with E-state index >= 15 is 0 Å². The number of hydrogen-bond acceptors (Lipinski definition) is 4. The SMILES string of the molecule is Cc1cc(Br)ccc1C(=O)Nc1cc2c(cc1N)OCO2. The number of nitrogens with one attached hydrogen (secondary N) is 1. The van der Waals surface area contributed by atoms with Crippen LogP contribution >= 0.6 is 15.9 Å². The first-order valence-corrected chi connectivity index (χ1v) is 7.10. The van der Waals surface area contributed by atoms with Crippen molar-refractivity contribution in [3.8, 4) is 11.5 Å². The average Bonchev–Trinajstić information content (AvgIpc) is 2.86. The second kappa shape index (κ2) is 5.29. The minimum Gasteiger partial charge on any atom is -0.454 e. The van der Waals surface area contributed by atoms with Crippen molar-refractivity contribution in [2.75, 3.05) is 17.8 Å². The molecule has 0 aromatic heterocycles. The summed E-state index contributed by atoms with van der Waals surface area (Å²) in [6.07, 6.45) is 0. The number of ether oxygens (including phenoxy) is 2. The quantitative estimate of drug-likeness (QED) is 0.816. The molecule has 0 spiro atoms. The molecular weight excluding hydrogens is 336 g/mol. The van der Waals surface area contributed by atoms with Crippen LogP contribution in [0.4, 0.5) is 11.4 Å². The van der Waals surface area contributed by atoms with Crippen molar-refractivity contribution in [3.63, 3.8) is 0 Å². The molecule has 0 bridgehead atoms. The monoisotopic (exact) mass is 348 g/mol. The standard InChI is InChI=1S/C15H13BrN2O3/c1-8-4-9(16)2-3-10(8)15(19)18-12-6-14-13(5-11(12)17)20-7-21-14/h2-6H,7,17H2,1H3,(H,18,19). The van der Waals surface area contributed by atoms with Gasteiger partial charge in [0.25, 0.3) is 5.91 Å². The van der Waals surface area contributed by atoms with Gasteiger partial charge in [-0.25, -0.2) is 0 Å². The van der Waals surface area contributed by atoms with Crippen LogP contribution in [0.5, 0.6) is 11.5 Å². The summed E-state index contributed by atoms with van der Waals surface area (Å²) in [5.74, 6) is 0.947. The van der Waals surface area contributed by atoms with E-state index in [-0.39, 0.29) is 12.7 Å². The molecule has 0 atom stereocenters. The molecule has 3 rings (SSSR count). The zero-order chi connectivity index (χ0) is 15.0. The Morgan fingerprint density at radius 2 is 1.95 bits per heavy atom. The second-order valence-electron chi connectivity index (χ2n) is 4.71. The van der Waals surface area contributed by atoms with Gasteiger partial charge in [-0.15, -0.1) is 0 Å². The van der Waals surface area contributed by atoms with Crippen LogP contribution < -0.4 is 20.5 Å². The zero-order valence-corrected chi connectivity index (χ0v) is 12.9. The third-order valence-corrected chi connectivity index (χ3v) is 3.72. The second-order valence-corrected chi connectivity index (χ2v) is 5.62. The maximum Gasteiger partial charge on any atom is 0.255 e. The lowest BCUT2D eigenvalue weighted by Gasteiger charge is -2.11. The van der Waals surface area contributed by atoms with Gasteiger partial charge in [0.15, 0.2) is 11.5 Å². The van der Waals surface area contributed by atoms with Crippen molar-refractivity contribution in [1.82, 2.24) is 0 Å². The number of nitrogen functional groups attached to an aromatic ring is 1. The van der Waals surface area contributed by atoms with Crippen LogP contribution in [0.3, 0.4) is 0 Å². The van der Waals surface area contributed by atoms with Gasteiger partial charge < -0.3 is 20.5 Å². The Hall–Kier alpha value is -2.21. The molecule has 1 aliphatic rings. The van der Waals surface area contributed by atoms with E-state index in [1.54, 1.807) is 18.2 Å². The molecule has 6 heteroatoms. The van der Waals surface area contributed by atoms with Gasteiger partial charge in [-0.1, -0.05) is 15.9 Å². The van der Waals surface area contributed by atoms with Crippen LogP contribution in [-0.2, 0) is 0 Å². The first-order chi connectivity index (χ1) is 10.0. The molecule has 2 aromatic rings. The molecule has 2 aromatic carbocycles. The fourth-order valence-corrected chi connectivity index (χ4v) is 2.61. The summed E-state index contributed by atoms with van der Waals surface area (Å²) in [5, 5.41) is 2.80. The van der Waals surface area contributed by atoms with Crippen molar-refractivity contribution in [3.05, 3.63) is 45.9 Å². The highest BCUT2D eigenvalue weighted by Crippen LogP contribution is 2.38. The summed E-state index contributed by atoms with van der Waals surface area (Å²) in [5.41, 5.74) is 8.33. The number of hydrogen-bond donors (Lipinski definition) is 2. The number of carbonyl (C=O) groups is 1. The van der Waals surface area contributed by atoms with Gasteiger partial charge in [-0.3, -0.25) is 4.79 Å². The Balaban J connectivity index is 1.88. The van der Waals surface area contributed by atoms with Crippen molar-refractivity contribution in [2.24, 2.45) is 0 Å². The number of fused-ring (bicyclic) bond motifs is 1. The normalized spacial score (nSPS) is 12.3. The van der Waals surface area contributed by atoms with Gasteiger partial charge in [0.1, 0.15) is 0 Å². The lowest BCUT2D eigenvalue weighted by molar-refractivity contribution is 0.102. The lowest BCUT2D eigenvalue weighted by Crippen LogP contribution is -2.14. The molecule has 5 nitrogen and oxygen atoms in total. The van der Waals surface area contributed by atoms with Gasteiger partial charge in [0, 0.05) is 22.2 Å². The molecule has 1 aliphatic heterocycles. The van der Waals surface area contributed by atoms with E-state index in [4.69, 9.17) is 15.2 Å². The van der Waals surface area contributed by atoms with Crippen LogP contribution in [0.15, 0.2) is 34.8 Å². The van der Waals surface area contributed by atoms with Crippen molar-refractivity contribution in [2.45, 2.75) is 6.92 Å². The van der Waals surface area contributed by atoms with Gasteiger partial charge in [0.2, 0.25) is 6.79 Å². The Labute approximate surface area is 130 Å². The van der Waals surface area contributed by atoms with Crippen LogP contribution in [0.2, 0.25) is 0 Å².